The molecule has 0 unspecified atom stereocenters. The van der Waals surface area contributed by atoms with Crippen LogP contribution in [0.4, 0.5) is 11.6 Å². The summed E-state index contributed by atoms with van der Waals surface area (Å²) in [6.07, 6.45) is 1.95. The molecule has 0 fully saturated rings. The number of nitrogens with zero attached hydrogens (tertiary/aromatic N) is 5. The first-order valence-electron chi connectivity index (χ1n) is 9.89. The fourth-order valence-electron chi connectivity index (χ4n) is 3.40. The lowest BCUT2D eigenvalue weighted by molar-refractivity contribution is 0.637. The van der Waals surface area contributed by atoms with Crippen LogP contribution in [0.3, 0.4) is 0 Å². The van der Waals surface area contributed by atoms with Crippen LogP contribution in [0, 0.1) is 11.3 Å². The third-order valence-corrected chi connectivity index (χ3v) is 6.08. The van der Waals surface area contributed by atoms with E-state index in [2.05, 4.69) is 39.6 Å². The zero-order valence-electron chi connectivity index (χ0n) is 16.6. The summed E-state index contributed by atoms with van der Waals surface area (Å²) in [7, 11) is 0. The van der Waals surface area contributed by atoms with Crippen LogP contribution >= 0.6 is 11.3 Å². The summed E-state index contributed by atoms with van der Waals surface area (Å²) in [4.78, 5) is 10.1. The van der Waals surface area contributed by atoms with Crippen LogP contribution in [0.1, 0.15) is 6.42 Å². The van der Waals surface area contributed by atoms with Crippen molar-refractivity contribution in [3.63, 3.8) is 0 Å². The summed E-state index contributed by atoms with van der Waals surface area (Å²) >= 11 is 1.65. The Morgan fingerprint density at radius 1 is 0.935 bits per heavy atom. The van der Waals surface area contributed by atoms with Crippen molar-refractivity contribution in [2.45, 2.75) is 13.0 Å². The van der Waals surface area contributed by atoms with Crippen LogP contribution < -0.4 is 5.32 Å². The highest BCUT2D eigenvalue weighted by Gasteiger charge is 2.14. The average Bonchev–Trinajstić information content (AvgIpc) is 3.44. The third kappa shape index (κ3) is 3.89. The van der Waals surface area contributed by atoms with E-state index in [9.17, 15) is 0 Å². The van der Waals surface area contributed by atoms with E-state index in [1.165, 1.54) is 0 Å². The summed E-state index contributed by atoms with van der Waals surface area (Å²) in [5.74, 6) is 1.53. The predicted molar refractivity (Wildman–Crippen MR) is 124 cm³/mol. The maximum absolute atomic E-state index is 9.05. The van der Waals surface area contributed by atoms with Gasteiger partial charge in [0, 0.05) is 16.5 Å². The Hall–Kier alpha value is -4.02. The fraction of sp³-hybridized carbons (Fsp3) is 0.0833. The van der Waals surface area contributed by atoms with Crippen molar-refractivity contribution < 1.29 is 0 Å². The number of hydrogen-bond acceptors (Lipinski definition) is 6. The molecule has 5 rings (SSSR count). The Bertz CT molecular complexity index is 1370. The molecule has 0 atom stereocenters. The monoisotopic (exact) mass is 422 g/mol. The quantitative estimate of drug-likeness (QED) is 0.370. The molecule has 1 N–H and O–H groups in total. The molecule has 3 heterocycles. The molecule has 0 aliphatic rings. The smallest absolute Gasteiger partial charge is 0.152 e. The van der Waals surface area contributed by atoms with Gasteiger partial charge in [-0.15, -0.1) is 11.3 Å². The molecule has 0 bridgehead atoms. The molecule has 0 amide bonds. The van der Waals surface area contributed by atoms with Crippen LogP contribution in [0.25, 0.3) is 31.9 Å². The first-order valence-corrected chi connectivity index (χ1v) is 10.7. The number of nitrogens with one attached hydrogen (secondary N) is 1. The standard InChI is InChI=1S/C24H18N6S/c25-12-7-13-30-22(15-19(29-30)17-8-3-1-4-9-17)28-24-23-20(26-16-27-24)14-21(31-23)18-10-5-2-6-11-18/h1-6,8-11,14-16H,7,13H2,(H,26,27,28). The normalized spacial score (nSPS) is 10.8. The molecule has 0 aliphatic carbocycles. The van der Waals surface area contributed by atoms with Crippen molar-refractivity contribution >= 4 is 33.2 Å². The van der Waals surface area contributed by atoms with Gasteiger partial charge in [0.1, 0.15) is 12.1 Å². The minimum atomic E-state index is 0.376. The van der Waals surface area contributed by atoms with Crippen LogP contribution in [0.2, 0.25) is 0 Å². The van der Waals surface area contributed by atoms with Crippen LogP contribution in [-0.4, -0.2) is 19.7 Å². The molecule has 0 radical (unpaired) electrons. The van der Waals surface area contributed by atoms with Gasteiger partial charge >= 0.3 is 0 Å². The number of nitriles is 1. The Morgan fingerprint density at radius 3 is 2.42 bits per heavy atom. The number of thiophene rings is 1. The number of benzene rings is 2. The SMILES string of the molecule is N#CCCn1nc(-c2ccccc2)cc1Nc1ncnc2cc(-c3ccccc3)sc12. The topological polar surface area (TPSA) is 79.4 Å². The molecular weight excluding hydrogens is 404 g/mol. The van der Waals surface area contributed by atoms with E-state index in [1.54, 1.807) is 17.7 Å². The summed E-state index contributed by atoms with van der Waals surface area (Å²) in [6, 6.07) is 26.5. The molecule has 150 valence electrons. The second-order valence-corrected chi connectivity index (χ2v) is 8.00. The van der Waals surface area contributed by atoms with Crippen molar-refractivity contribution in [3.8, 4) is 27.8 Å². The van der Waals surface area contributed by atoms with Gasteiger partial charge in [0.15, 0.2) is 5.82 Å². The zero-order valence-corrected chi connectivity index (χ0v) is 17.4. The van der Waals surface area contributed by atoms with Gasteiger partial charge in [0.05, 0.1) is 34.9 Å². The van der Waals surface area contributed by atoms with E-state index in [0.717, 1.165) is 43.6 Å². The van der Waals surface area contributed by atoms with E-state index < -0.39 is 0 Å². The number of fused-ring (bicyclic) bond motifs is 1. The largest absolute Gasteiger partial charge is 0.324 e. The third-order valence-electron chi connectivity index (χ3n) is 4.90. The molecule has 0 saturated heterocycles. The number of rotatable bonds is 6. The minimum absolute atomic E-state index is 0.376. The highest BCUT2D eigenvalue weighted by Crippen LogP contribution is 2.36. The number of aromatic nitrogens is 4. The highest BCUT2D eigenvalue weighted by molar-refractivity contribution is 7.22. The van der Waals surface area contributed by atoms with Gasteiger partial charge in [-0.3, -0.25) is 0 Å². The number of hydrogen-bond donors (Lipinski definition) is 1. The van der Waals surface area contributed by atoms with Crippen LogP contribution in [0.5, 0.6) is 0 Å². The lowest BCUT2D eigenvalue weighted by Crippen LogP contribution is -2.05. The van der Waals surface area contributed by atoms with E-state index >= 15 is 0 Å². The molecule has 5 aromatic rings. The fourth-order valence-corrected chi connectivity index (χ4v) is 4.46. The first-order chi connectivity index (χ1) is 15.3. The maximum atomic E-state index is 9.05. The van der Waals surface area contributed by atoms with Gasteiger partial charge in [0.25, 0.3) is 0 Å². The second kappa shape index (κ2) is 8.38. The van der Waals surface area contributed by atoms with Gasteiger partial charge in [-0.05, 0) is 11.6 Å². The van der Waals surface area contributed by atoms with Crippen molar-refractivity contribution in [1.29, 1.82) is 5.26 Å². The van der Waals surface area contributed by atoms with Crippen molar-refractivity contribution in [1.82, 2.24) is 19.7 Å². The van der Waals surface area contributed by atoms with Gasteiger partial charge < -0.3 is 5.32 Å². The molecule has 0 spiro atoms. The van der Waals surface area contributed by atoms with Gasteiger partial charge in [-0.1, -0.05) is 60.7 Å². The Kier molecular flexibility index (Phi) is 5.13. The number of anilines is 2. The number of aryl methyl sites for hydroxylation is 1. The van der Waals surface area contributed by atoms with Crippen LogP contribution in [-0.2, 0) is 6.54 Å². The second-order valence-electron chi connectivity index (χ2n) is 6.95. The lowest BCUT2D eigenvalue weighted by atomic mass is 10.1. The molecule has 3 aromatic heterocycles. The van der Waals surface area contributed by atoms with Crippen molar-refractivity contribution in [2.24, 2.45) is 0 Å². The first kappa shape index (κ1) is 19.0. The van der Waals surface area contributed by atoms with Crippen molar-refractivity contribution in [2.75, 3.05) is 5.32 Å². The van der Waals surface area contributed by atoms with Crippen LogP contribution in [0.15, 0.2) is 79.1 Å². The lowest BCUT2D eigenvalue weighted by Gasteiger charge is -2.08. The molecule has 2 aromatic carbocycles. The Morgan fingerprint density at radius 2 is 1.68 bits per heavy atom. The molecular formula is C24H18N6S. The molecule has 7 heteroatoms. The molecule has 0 aliphatic heterocycles. The van der Waals surface area contributed by atoms with E-state index in [1.807, 2.05) is 59.3 Å². The van der Waals surface area contributed by atoms with Gasteiger partial charge in [0.2, 0.25) is 0 Å². The average molecular weight is 423 g/mol. The zero-order chi connectivity index (χ0) is 21.0. The minimum Gasteiger partial charge on any atom is -0.324 e. The van der Waals surface area contributed by atoms with E-state index in [4.69, 9.17) is 10.4 Å². The molecule has 31 heavy (non-hydrogen) atoms. The molecule has 6 nitrogen and oxygen atoms in total. The van der Waals surface area contributed by atoms with Gasteiger partial charge in [-0.25, -0.2) is 14.6 Å². The van der Waals surface area contributed by atoms with Crippen molar-refractivity contribution in [3.05, 3.63) is 79.1 Å². The summed E-state index contributed by atoms with van der Waals surface area (Å²) in [6.45, 7) is 0.500. The predicted octanol–water partition coefficient (Wildman–Crippen LogP) is 5.88. The van der Waals surface area contributed by atoms with E-state index in [-0.39, 0.29) is 0 Å². The van der Waals surface area contributed by atoms with E-state index in [0.29, 0.717) is 13.0 Å². The summed E-state index contributed by atoms with van der Waals surface area (Å²) in [5, 5.41) is 17.2. The Labute approximate surface area is 183 Å². The highest BCUT2D eigenvalue weighted by atomic mass is 32.1. The maximum Gasteiger partial charge on any atom is 0.152 e. The summed E-state index contributed by atoms with van der Waals surface area (Å²) in [5.41, 5.74) is 3.92. The van der Waals surface area contributed by atoms with Gasteiger partial charge in [-0.2, -0.15) is 10.4 Å². The molecule has 0 saturated carbocycles. The summed E-state index contributed by atoms with van der Waals surface area (Å²) < 4.78 is 2.81. The Balaban J connectivity index is 1.54.